The van der Waals surface area contributed by atoms with E-state index in [1.807, 2.05) is 0 Å². The van der Waals surface area contributed by atoms with Crippen LogP contribution >= 0.6 is 0 Å². The van der Waals surface area contributed by atoms with E-state index in [1.54, 1.807) is 7.11 Å². The Labute approximate surface area is 82.4 Å². The first-order chi connectivity index (χ1) is 6.20. The summed E-state index contributed by atoms with van der Waals surface area (Å²) in [5.74, 6) is 0. The molecule has 13 heavy (non-hydrogen) atoms. The normalized spacial score (nSPS) is 13.6. The number of methoxy groups -OCH3 is 1. The lowest BCUT2D eigenvalue weighted by molar-refractivity contribution is 0.159. The molecule has 0 aromatic heterocycles. The Hall–Kier alpha value is -0.120. The molecule has 0 aliphatic heterocycles. The number of nitrogens with one attached hydrogen (secondary N) is 1. The molecule has 1 N–H and O–H groups in total. The molecule has 0 radical (unpaired) electrons. The molecule has 0 aliphatic carbocycles. The van der Waals surface area contributed by atoms with Gasteiger partial charge in [0, 0.05) is 19.7 Å². The molecule has 0 heterocycles. The van der Waals surface area contributed by atoms with Crippen molar-refractivity contribution in [2.45, 2.75) is 26.3 Å². The Balaban J connectivity index is 3.29. The largest absolute Gasteiger partial charge is 0.383 e. The topological polar surface area (TPSA) is 24.5 Å². The van der Waals surface area contributed by atoms with Crippen LogP contribution in [0.15, 0.2) is 0 Å². The van der Waals surface area contributed by atoms with E-state index in [0.717, 1.165) is 26.2 Å². The lowest BCUT2D eigenvalue weighted by Gasteiger charge is -2.19. The van der Waals surface area contributed by atoms with Gasteiger partial charge in [-0.2, -0.15) is 0 Å². The first-order valence-corrected chi connectivity index (χ1v) is 5.11. The Bertz CT molecular complexity index is 109. The van der Waals surface area contributed by atoms with Crippen molar-refractivity contribution in [2.75, 3.05) is 40.4 Å². The van der Waals surface area contributed by atoms with Crippen molar-refractivity contribution in [1.29, 1.82) is 0 Å². The van der Waals surface area contributed by atoms with Crippen LogP contribution in [0.4, 0.5) is 0 Å². The third kappa shape index (κ3) is 8.22. The molecule has 0 saturated carbocycles. The molecule has 0 spiro atoms. The average molecular weight is 188 g/mol. The Morgan fingerprint density at radius 1 is 1.38 bits per heavy atom. The number of ether oxygens (including phenoxy) is 1. The quantitative estimate of drug-likeness (QED) is 0.614. The van der Waals surface area contributed by atoms with Gasteiger partial charge in [0.2, 0.25) is 0 Å². The number of nitrogens with zero attached hydrogens (tertiary/aromatic N) is 1. The SMILES string of the molecule is CCNC(C)CCN(C)CCOC. The molecule has 0 aliphatic rings. The van der Waals surface area contributed by atoms with Crippen molar-refractivity contribution < 1.29 is 4.74 Å². The van der Waals surface area contributed by atoms with Gasteiger partial charge in [-0.15, -0.1) is 0 Å². The number of hydrogen-bond acceptors (Lipinski definition) is 3. The standard InChI is InChI=1S/C10H24N2O/c1-5-11-10(2)6-7-12(3)8-9-13-4/h10-11H,5-9H2,1-4H3. The minimum Gasteiger partial charge on any atom is -0.383 e. The van der Waals surface area contributed by atoms with Gasteiger partial charge in [0.05, 0.1) is 6.61 Å². The zero-order valence-electron chi connectivity index (χ0n) is 9.47. The Morgan fingerprint density at radius 3 is 2.62 bits per heavy atom. The third-order valence-corrected chi connectivity index (χ3v) is 2.17. The molecule has 3 nitrogen and oxygen atoms in total. The van der Waals surface area contributed by atoms with E-state index in [2.05, 4.69) is 31.1 Å². The van der Waals surface area contributed by atoms with Crippen LogP contribution < -0.4 is 5.32 Å². The number of rotatable bonds is 8. The highest BCUT2D eigenvalue weighted by Crippen LogP contribution is 1.93. The van der Waals surface area contributed by atoms with E-state index in [-0.39, 0.29) is 0 Å². The summed E-state index contributed by atoms with van der Waals surface area (Å²) in [7, 11) is 3.88. The van der Waals surface area contributed by atoms with Gasteiger partial charge in [-0.25, -0.2) is 0 Å². The summed E-state index contributed by atoms with van der Waals surface area (Å²) in [4.78, 5) is 2.30. The van der Waals surface area contributed by atoms with Gasteiger partial charge in [-0.05, 0) is 33.5 Å². The first-order valence-electron chi connectivity index (χ1n) is 5.11. The van der Waals surface area contributed by atoms with Crippen LogP contribution in [0.1, 0.15) is 20.3 Å². The maximum absolute atomic E-state index is 5.01. The first kappa shape index (κ1) is 12.9. The molecule has 0 amide bonds. The highest BCUT2D eigenvalue weighted by atomic mass is 16.5. The fraction of sp³-hybridized carbons (Fsp3) is 1.00. The van der Waals surface area contributed by atoms with Gasteiger partial charge in [-0.3, -0.25) is 0 Å². The van der Waals surface area contributed by atoms with Gasteiger partial charge in [0.1, 0.15) is 0 Å². The molecule has 1 atom stereocenters. The van der Waals surface area contributed by atoms with Gasteiger partial charge in [0.25, 0.3) is 0 Å². The van der Waals surface area contributed by atoms with Crippen molar-refractivity contribution in [2.24, 2.45) is 0 Å². The number of likely N-dealkylation sites (N-methyl/N-ethyl adjacent to an activating group) is 1. The predicted molar refractivity (Wildman–Crippen MR) is 57.1 cm³/mol. The molecule has 1 unspecified atom stereocenters. The monoisotopic (exact) mass is 188 g/mol. The van der Waals surface area contributed by atoms with Crippen molar-refractivity contribution in [3.05, 3.63) is 0 Å². The zero-order chi connectivity index (χ0) is 10.1. The summed E-state index contributed by atoms with van der Waals surface area (Å²) in [5, 5.41) is 3.40. The van der Waals surface area contributed by atoms with Crippen molar-refractivity contribution >= 4 is 0 Å². The molecule has 0 rings (SSSR count). The molecule has 3 heteroatoms. The summed E-state index contributed by atoms with van der Waals surface area (Å²) < 4.78 is 5.01. The third-order valence-electron chi connectivity index (χ3n) is 2.17. The molecule has 0 aromatic carbocycles. The molecule has 0 fully saturated rings. The maximum atomic E-state index is 5.01. The summed E-state index contributed by atoms with van der Waals surface area (Å²) in [6.07, 6.45) is 1.20. The summed E-state index contributed by atoms with van der Waals surface area (Å²) in [6, 6.07) is 0.620. The smallest absolute Gasteiger partial charge is 0.0589 e. The minimum atomic E-state index is 0.620. The predicted octanol–water partition coefficient (Wildman–Crippen LogP) is 0.953. The second kappa shape index (κ2) is 8.48. The maximum Gasteiger partial charge on any atom is 0.0589 e. The summed E-state index contributed by atoms with van der Waals surface area (Å²) >= 11 is 0. The van der Waals surface area contributed by atoms with Crippen LogP contribution in [0.2, 0.25) is 0 Å². The van der Waals surface area contributed by atoms with Gasteiger partial charge in [-0.1, -0.05) is 6.92 Å². The van der Waals surface area contributed by atoms with E-state index in [1.165, 1.54) is 6.42 Å². The highest BCUT2D eigenvalue weighted by Gasteiger charge is 2.02. The van der Waals surface area contributed by atoms with Gasteiger partial charge >= 0.3 is 0 Å². The Morgan fingerprint density at radius 2 is 2.08 bits per heavy atom. The fourth-order valence-corrected chi connectivity index (χ4v) is 1.22. The van der Waals surface area contributed by atoms with Crippen LogP contribution in [0, 0.1) is 0 Å². The Kier molecular flexibility index (Phi) is 8.40. The summed E-state index contributed by atoms with van der Waals surface area (Å²) in [5.41, 5.74) is 0. The van der Waals surface area contributed by atoms with Crippen LogP contribution in [0.5, 0.6) is 0 Å². The molecule has 0 aromatic rings. The molecular weight excluding hydrogens is 164 g/mol. The van der Waals surface area contributed by atoms with E-state index in [4.69, 9.17) is 4.74 Å². The van der Waals surface area contributed by atoms with Gasteiger partial charge in [0.15, 0.2) is 0 Å². The van der Waals surface area contributed by atoms with Crippen molar-refractivity contribution in [1.82, 2.24) is 10.2 Å². The van der Waals surface area contributed by atoms with Crippen LogP contribution in [0.3, 0.4) is 0 Å². The van der Waals surface area contributed by atoms with Gasteiger partial charge < -0.3 is 15.0 Å². The minimum absolute atomic E-state index is 0.620. The van der Waals surface area contributed by atoms with E-state index < -0.39 is 0 Å². The number of hydrogen-bond donors (Lipinski definition) is 1. The van der Waals surface area contributed by atoms with E-state index >= 15 is 0 Å². The zero-order valence-corrected chi connectivity index (χ0v) is 9.47. The average Bonchev–Trinajstić information content (AvgIpc) is 2.12. The van der Waals surface area contributed by atoms with Crippen LogP contribution in [0.25, 0.3) is 0 Å². The summed E-state index contributed by atoms with van der Waals surface area (Å²) in [6.45, 7) is 8.42. The lowest BCUT2D eigenvalue weighted by Crippen LogP contribution is -2.32. The van der Waals surface area contributed by atoms with E-state index in [0.29, 0.717) is 6.04 Å². The van der Waals surface area contributed by atoms with Crippen LogP contribution in [-0.2, 0) is 4.74 Å². The molecular formula is C10H24N2O. The highest BCUT2D eigenvalue weighted by molar-refractivity contribution is 4.61. The second-order valence-electron chi connectivity index (χ2n) is 3.54. The molecule has 0 bridgehead atoms. The van der Waals surface area contributed by atoms with Crippen molar-refractivity contribution in [3.8, 4) is 0 Å². The molecule has 80 valence electrons. The van der Waals surface area contributed by atoms with Crippen molar-refractivity contribution in [3.63, 3.8) is 0 Å². The lowest BCUT2D eigenvalue weighted by atomic mass is 10.2. The molecule has 0 saturated heterocycles. The van der Waals surface area contributed by atoms with Crippen LogP contribution in [-0.4, -0.2) is 51.3 Å². The fourth-order valence-electron chi connectivity index (χ4n) is 1.22. The van der Waals surface area contributed by atoms with E-state index in [9.17, 15) is 0 Å². The second-order valence-corrected chi connectivity index (χ2v) is 3.54.